The topological polar surface area (TPSA) is 60.9 Å². The van der Waals surface area contributed by atoms with Gasteiger partial charge in [0.15, 0.2) is 0 Å². The van der Waals surface area contributed by atoms with Crippen molar-refractivity contribution in [2.24, 2.45) is 5.41 Å². The molecule has 0 unspecified atom stereocenters. The van der Waals surface area contributed by atoms with Crippen LogP contribution < -0.4 is 0 Å². The first kappa shape index (κ1) is 16.6. The van der Waals surface area contributed by atoms with Crippen LogP contribution in [0.2, 0.25) is 0 Å². The van der Waals surface area contributed by atoms with Gasteiger partial charge in [-0.1, -0.05) is 12.1 Å². The summed E-state index contributed by atoms with van der Waals surface area (Å²) in [6.07, 6.45) is 6.49. The molecule has 0 radical (unpaired) electrons. The Morgan fingerprint density at radius 1 is 1.16 bits per heavy atom. The van der Waals surface area contributed by atoms with Gasteiger partial charge in [0.1, 0.15) is 0 Å². The molecule has 3 aliphatic rings. The zero-order valence-electron chi connectivity index (χ0n) is 14.6. The Bertz CT molecular complexity index is 668. The Labute approximate surface area is 148 Å². The fourth-order valence-electron chi connectivity index (χ4n) is 4.55. The summed E-state index contributed by atoms with van der Waals surface area (Å²) in [6, 6.07) is 7.73. The van der Waals surface area contributed by atoms with E-state index in [2.05, 4.69) is 9.80 Å². The molecule has 25 heavy (non-hydrogen) atoms. The van der Waals surface area contributed by atoms with E-state index in [9.17, 15) is 9.59 Å². The maximum atomic E-state index is 12.2. The number of carboxylic acids is 1. The van der Waals surface area contributed by atoms with E-state index in [0.29, 0.717) is 23.9 Å². The number of carbonyl (C=O) groups excluding carboxylic acids is 1. The highest BCUT2D eigenvalue weighted by molar-refractivity contribution is 5.87. The molecule has 2 saturated heterocycles. The minimum atomic E-state index is -0.879. The zero-order valence-corrected chi connectivity index (χ0v) is 14.6. The normalized spacial score (nSPS) is 27.7. The van der Waals surface area contributed by atoms with Crippen LogP contribution in [-0.2, 0) is 11.3 Å². The van der Waals surface area contributed by atoms with E-state index in [4.69, 9.17) is 5.11 Å². The summed E-state index contributed by atoms with van der Waals surface area (Å²) in [5, 5.41) is 9.02. The monoisotopic (exact) mass is 342 g/mol. The number of piperidine rings is 2. The molecule has 3 fully saturated rings. The summed E-state index contributed by atoms with van der Waals surface area (Å²) < 4.78 is 0. The second kappa shape index (κ2) is 6.45. The standard InChI is InChI=1S/C20H26N2O3/c23-18-8-10-20(14-22(18)17-6-7-17)9-1-11-21(13-20)12-15-2-4-16(5-3-15)19(24)25/h2-5,17H,1,6-14H2,(H,24,25)/t20-/m0/s1. The number of amides is 1. The van der Waals surface area contributed by atoms with E-state index in [1.807, 2.05) is 12.1 Å². The first-order chi connectivity index (χ1) is 12.0. The molecule has 2 heterocycles. The van der Waals surface area contributed by atoms with Crippen LogP contribution in [0.15, 0.2) is 24.3 Å². The molecule has 1 aromatic rings. The number of carboxylic acid groups (broad SMARTS) is 1. The summed E-state index contributed by atoms with van der Waals surface area (Å²) in [5.41, 5.74) is 1.76. The van der Waals surface area contributed by atoms with Gasteiger partial charge in [-0.2, -0.15) is 0 Å². The molecule has 2 aliphatic heterocycles. The van der Waals surface area contributed by atoms with Gasteiger partial charge in [0.25, 0.3) is 0 Å². The third-order valence-corrected chi connectivity index (χ3v) is 6.03. The van der Waals surface area contributed by atoms with Gasteiger partial charge in [0.05, 0.1) is 5.56 Å². The highest BCUT2D eigenvalue weighted by Crippen LogP contribution is 2.42. The van der Waals surface area contributed by atoms with Crippen molar-refractivity contribution in [1.29, 1.82) is 0 Å². The van der Waals surface area contributed by atoms with Gasteiger partial charge in [-0.15, -0.1) is 0 Å². The molecule has 1 aliphatic carbocycles. The third kappa shape index (κ3) is 3.56. The van der Waals surface area contributed by atoms with Crippen molar-refractivity contribution in [2.75, 3.05) is 19.6 Å². The van der Waals surface area contributed by atoms with Gasteiger partial charge < -0.3 is 10.0 Å². The Kier molecular flexibility index (Phi) is 4.28. The van der Waals surface area contributed by atoms with Crippen molar-refractivity contribution >= 4 is 11.9 Å². The first-order valence-electron chi connectivity index (χ1n) is 9.39. The van der Waals surface area contributed by atoms with Crippen LogP contribution in [0.3, 0.4) is 0 Å². The van der Waals surface area contributed by atoms with E-state index >= 15 is 0 Å². The molecule has 5 nitrogen and oxygen atoms in total. The van der Waals surface area contributed by atoms with Crippen molar-refractivity contribution in [3.63, 3.8) is 0 Å². The maximum Gasteiger partial charge on any atom is 0.335 e. The number of likely N-dealkylation sites (tertiary alicyclic amines) is 2. The van der Waals surface area contributed by atoms with E-state index in [-0.39, 0.29) is 5.41 Å². The van der Waals surface area contributed by atoms with E-state index in [1.165, 1.54) is 25.7 Å². The zero-order chi connectivity index (χ0) is 17.4. The Morgan fingerprint density at radius 2 is 1.92 bits per heavy atom. The molecule has 1 aromatic carbocycles. The van der Waals surface area contributed by atoms with Gasteiger partial charge >= 0.3 is 5.97 Å². The fourth-order valence-corrected chi connectivity index (χ4v) is 4.55. The molecular formula is C20H26N2O3. The fraction of sp³-hybridized carbons (Fsp3) is 0.600. The first-order valence-corrected chi connectivity index (χ1v) is 9.39. The largest absolute Gasteiger partial charge is 0.478 e. The summed E-state index contributed by atoms with van der Waals surface area (Å²) in [5.74, 6) is -0.523. The van der Waals surface area contributed by atoms with Crippen LogP contribution in [0.25, 0.3) is 0 Å². The minimum absolute atomic E-state index is 0.260. The quantitative estimate of drug-likeness (QED) is 0.914. The lowest BCUT2D eigenvalue weighted by Gasteiger charge is -2.48. The summed E-state index contributed by atoms with van der Waals surface area (Å²) in [7, 11) is 0. The van der Waals surface area contributed by atoms with Crippen LogP contribution in [0, 0.1) is 5.41 Å². The molecule has 1 spiro atoms. The van der Waals surface area contributed by atoms with E-state index in [1.54, 1.807) is 12.1 Å². The summed E-state index contributed by atoms with van der Waals surface area (Å²) in [4.78, 5) is 27.9. The van der Waals surface area contributed by atoms with Crippen molar-refractivity contribution < 1.29 is 14.7 Å². The number of hydrogen-bond acceptors (Lipinski definition) is 3. The highest BCUT2D eigenvalue weighted by atomic mass is 16.4. The van der Waals surface area contributed by atoms with Crippen molar-refractivity contribution in [3.05, 3.63) is 35.4 Å². The van der Waals surface area contributed by atoms with Crippen LogP contribution in [0.4, 0.5) is 0 Å². The number of hydrogen-bond donors (Lipinski definition) is 1. The number of benzene rings is 1. The van der Waals surface area contributed by atoms with E-state index in [0.717, 1.165) is 38.2 Å². The summed E-state index contributed by atoms with van der Waals surface area (Å²) in [6.45, 7) is 3.92. The molecule has 0 bridgehead atoms. The number of carbonyl (C=O) groups is 2. The van der Waals surface area contributed by atoms with Crippen LogP contribution in [0.1, 0.15) is 54.4 Å². The van der Waals surface area contributed by atoms with E-state index < -0.39 is 5.97 Å². The van der Waals surface area contributed by atoms with Crippen molar-refractivity contribution in [2.45, 2.75) is 51.1 Å². The molecule has 4 rings (SSSR count). The molecular weight excluding hydrogens is 316 g/mol. The number of rotatable bonds is 4. The minimum Gasteiger partial charge on any atom is -0.478 e. The second-order valence-corrected chi connectivity index (χ2v) is 8.07. The highest BCUT2D eigenvalue weighted by Gasteiger charge is 2.45. The molecule has 1 N–H and O–H groups in total. The molecule has 1 amide bonds. The van der Waals surface area contributed by atoms with Gasteiger partial charge in [-0.05, 0) is 56.3 Å². The summed E-state index contributed by atoms with van der Waals surface area (Å²) >= 11 is 0. The average Bonchev–Trinajstić information content (AvgIpc) is 3.43. The predicted octanol–water partition coefficient (Wildman–Crippen LogP) is 2.75. The Hall–Kier alpha value is -1.88. The molecule has 0 aromatic heterocycles. The van der Waals surface area contributed by atoms with Crippen LogP contribution in [-0.4, -0.2) is 52.5 Å². The van der Waals surface area contributed by atoms with Gasteiger partial charge in [-0.25, -0.2) is 4.79 Å². The lowest BCUT2D eigenvalue weighted by molar-refractivity contribution is -0.140. The molecule has 5 heteroatoms. The number of nitrogens with zero attached hydrogens (tertiary/aromatic N) is 2. The predicted molar refractivity (Wildman–Crippen MR) is 94.3 cm³/mol. The lowest BCUT2D eigenvalue weighted by Crippen LogP contribution is -2.54. The second-order valence-electron chi connectivity index (χ2n) is 8.07. The van der Waals surface area contributed by atoms with Gasteiger partial charge in [0, 0.05) is 37.5 Å². The lowest BCUT2D eigenvalue weighted by atomic mass is 9.73. The molecule has 1 atom stereocenters. The maximum absolute atomic E-state index is 12.2. The van der Waals surface area contributed by atoms with Crippen LogP contribution in [0.5, 0.6) is 0 Å². The Balaban J connectivity index is 1.42. The van der Waals surface area contributed by atoms with Gasteiger partial charge in [0.2, 0.25) is 5.91 Å². The molecule has 134 valence electrons. The van der Waals surface area contributed by atoms with Gasteiger partial charge in [-0.3, -0.25) is 9.69 Å². The SMILES string of the molecule is O=C(O)c1ccc(CN2CCC[C@]3(CCC(=O)N(C4CC4)C3)C2)cc1. The third-order valence-electron chi connectivity index (χ3n) is 6.03. The van der Waals surface area contributed by atoms with Crippen molar-refractivity contribution in [1.82, 2.24) is 9.80 Å². The average molecular weight is 342 g/mol. The smallest absolute Gasteiger partial charge is 0.335 e. The molecule has 1 saturated carbocycles. The number of aromatic carboxylic acids is 1. The van der Waals surface area contributed by atoms with Crippen molar-refractivity contribution in [3.8, 4) is 0 Å². The Morgan fingerprint density at radius 3 is 2.60 bits per heavy atom. The van der Waals surface area contributed by atoms with Crippen LogP contribution >= 0.6 is 0 Å².